The Kier molecular flexibility index (Phi) is 5.79. The van der Waals surface area contributed by atoms with Gasteiger partial charge >= 0.3 is 6.09 Å². The first-order valence-corrected chi connectivity index (χ1v) is 9.90. The van der Waals surface area contributed by atoms with Gasteiger partial charge in [0.2, 0.25) is 5.91 Å². The van der Waals surface area contributed by atoms with Gasteiger partial charge in [0.15, 0.2) is 0 Å². The van der Waals surface area contributed by atoms with E-state index in [0.29, 0.717) is 32.5 Å². The zero-order valence-electron chi connectivity index (χ0n) is 15.9. The lowest BCUT2D eigenvalue weighted by Crippen LogP contribution is -2.39. The van der Waals surface area contributed by atoms with Crippen molar-refractivity contribution in [3.05, 3.63) is 39.9 Å². The summed E-state index contributed by atoms with van der Waals surface area (Å²) in [5.74, 6) is 0.806. The van der Waals surface area contributed by atoms with E-state index < -0.39 is 11.7 Å². The predicted octanol–water partition coefficient (Wildman–Crippen LogP) is 3.78. The van der Waals surface area contributed by atoms with Crippen LogP contribution in [0, 0.1) is 0 Å². The van der Waals surface area contributed by atoms with Gasteiger partial charge in [0.1, 0.15) is 18.0 Å². The standard InChI is InChI=1S/C20H25BrN2O4/c1-20(2,3)27-19(25)22-14-8-7-13(11-14)18(24)23-9-10-26-17-6-4-5-16(21)15(17)12-23/h4-7,14H,8-12H2,1-3H3,(H,22,25). The van der Waals surface area contributed by atoms with E-state index in [4.69, 9.17) is 9.47 Å². The van der Waals surface area contributed by atoms with Crippen molar-refractivity contribution < 1.29 is 19.1 Å². The molecule has 1 aliphatic heterocycles. The van der Waals surface area contributed by atoms with E-state index in [0.717, 1.165) is 21.4 Å². The van der Waals surface area contributed by atoms with Crippen LogP contribution < -0.4 is 10.1 Å². The first kappa shape index (κ1) is 19.7. The summed E-state index contributed by atoms with van der Waals surface area (Å²) in [7, 11) is 0. The van der Waals surface area contributed by atoms with E-state index in [1.807, 2.05) is 45.0 Å². The molecule has 0 aromatic heterocycles. The van der Waals surface area contributed by atoms with Crippen LogP contribution >= 0.6 is 15.9 Å². The van der Waals surface area contributed by atoms with E-state index in [-0.39, 0.29) is 11.9 Å². The van der Waals surface area contributed by atoms with Crippen LogP contribution in [0.2, 0.25) is 0 Å². The molecule has 0 fully saturated rings. The highest BCUT2D eigenvalue weighted by atomic mass is 79.9. The molecule has 1 atom stereocenters. The molecule has 27 heavy (non-hydrogen) atoms. The Balaban J connectivity index is 1.60. The maximum Gasteiger partial charge on any atom is 0.407 e. The van der Waals surface area contributed by atoms with E-state index in [1.165, 1.54) is 0 Å². The molecule has 0 spiro atoms. The highest BCUT2D eigenvalue weighted by molar-refractivity contribution is 9.10. The van der Waals surface area contributed by atoms with Crippen LogP contribution in [0.3, 0.4) is 0 Å². The van der Waals surface area contributed by atoms with Crippen molar-refractivity contribution >= 4 is 27.9 Å². The smallest absolute Gasteiger partial charge is 0.407 e. The molecule has 0 saturated carbocycles. The third-order valence-corrected chi connectivity index (χ3v) is 5.18. The summed E-state index contributed by atoms with van der Waals surface area (Å²) in [5.41, 5.74) is 1.17. The van der Waals surface area contributed by atoms with Crippen LogP contribution in [0.4, 0.5) is 4.79 Å². The minimum Gasteiger partial charge on any atom is -0.491 e. The Morgan fingerprint density at radius 1 is 1.33 bits per heavy atom. The summed E-state index contributed by atoms with van der Waals surface area (Å²) >= 11 is 3.54. The minimum absolute atomic E-state index is 0.00399. The van der Waals surface area contributed by atoms with Crippen molar-refractivity contribution in [2.24, 2.45) is 0 Å². The van der Waals surface area contributed by atoms with Gasteiger partial charge in [-0.1, -0.05) is 28.1 Å². The number of nitrogens with one attached hydrogen (secondary N) is 1. The van der Waals surface area contributed by atoms with Crippen LogP contribution in [-0.4, -0.2) is 41.7 Å². The molecule has 6 nitrogen and oxygen atoms in total. The molecule has 2 aliphatic rings. The number of amides is 2. The van der Waals surface area contributed by atoms with Crippen LogP contribution in [0.1, 0.15) is 39.2 Å². The number of hydrogen-bond donors (Lipinski definition) is 1. The number of benzene rings is 1. The Labute approximate surface area is 168 Å². The van der Waals surface area contributed by atoms with Gasteiger partial charge < -0.3 is 19.7 Å². The zero-order valence-corrected chi connectivity index (χ0v) is 17.5. The average Bonchev–Trinajstić information content (AvgIpc) is 2.90. The van der Waals surface area contributed by atoms with Gasteiger partial charge in [-0.25, -0.2) is 4.79 Å². The second kappa shape index (κ2) is 7.92. The van der Waals surface area contributed by atoms with Gasteiger partial charge in [-0.15, -0.1) is 0 Å². The van der Waals surface area contributed by atoms with Gasteiger partial charge in [-0.2, -0.15) is 0 Å². The zero-order chi connectivity index (χ0) is 19.6. The molecule has 0 bridgehead atoms. The maximum atomic E-state index is 13.0. The van der Waals surface area contributed by atoms with Gasteiger partial charge in [-0.3, -0.25) is 4.79 Å². The number of carbonyl (C=O) groups is 2. The molecule has 0 saturated heterocycles. The number of hydrogen-bond acceptors (Lipinski definition) is 4. The molecule has 1 unspecified atom stereocenters. The predicted molar refractivity (Wildman–Crippen MR) is 106 cm³/mol. The molecule has 1 heterocycles. The largest absolute Gasteiger partial charge is 0.491 e. The third kappa shape index (κ3) is 5.03. The van der Waals surface area contributed by atoms with Crippen LogP contribution in [0.5, 0.6) is 5.75 Å². The van der Waals surface area contributed by atoms with Crippen molar-refractivity contribution in [3.8, 4) is 5.75 Å². The van der Waals surface area contributed by atoms with E-state index in [1.54, 1.807) is 4.90 Å². The van der Waals surface area contributed by atoms with E-state index in [9.17, 15) is 9.59 Å². The lowest BCUT2D eigenvalue weighted by molar-refractivity contribution is -0.128. The van der Waals surface area contributed by atoms with Crippen molar-refractivity contribution in [1.29, 1.82) is 0 Å². The summed E-state index contributed by atoms with van der Waals surface area (Å²) in [6, 6.07) is 5.68. The number of carbonyl (C=O) groups excluding carboxylic acids is 2. The van der Waals surface area contributed by atoms with Crippen LogP contribution in [0.25, 0.3) is 0 Å². The molecule has 1 N–H and O–H groups in total. The second-order valence-electron chi connectivity index (χ2n) is 7.80. The lowest BCUT2D eigenvalue weighted by atomic mass is 10.1. The molecule has 7 heteroatoms. The van der Waals surface area contributed by atoms with E-state index in [2.05, 4.69) is 21.2 Å². The molecule has 3 rings (SSSR count). The van der Waals surface area contributed by atoms with Crippen molar-refractivity contribution in [1.82, 2.24) is 10.2 Å². The first-order chi connectivity index (χ1) is 12.7. The highest BCUT2D eigenvalue weighted by Crippen LogP contribution is 2.31. The number of ether oxygens (including phenoxy) is 2. The quantitative estimate of drug-likeness (QED) is 0.765. The fourth-order valence-electron chi connectivity index (χ4n) is 3.22. The number of halogens is 1. The molecular formula is C20H25BrN2O4. The Morgan fingerprint density at radius 2 is 2.11 bits per heavy atom. The van der Waals surface area contributed by atoms with Crippen molar-refractivity contribution in [2.75, 3.05) is 13.2 Å². The lowest BCUT2D eigenvalue weighted by Gasteiger charge is -2.23. The van der Waals surface area contributed by atoms with Gasteiger partial charge in [-0.05, 0) is 45.7 Å². The monoisotopic (exact) mass is 436 g/mol. The first-order valence-electron chi connectivity index (χ1n) is 9.11. The topological polar surface area (TPSA) is 67.9 Å². The number of nitrogens with zero attached hydrogens (tertiary/aromatic N) is 1. The summed E-state index contributed by atoms with van der Waals surface area (Å²) in [5, 5.41) is 2.84. The van der Waals surface area contributed by atoms with Gasteiger partial charge in [0, 0.05) is 21.7 Å². The SMILES string of the molecule is CC(C)(C)OC(=O)NC1CC=C(C(=O)N2CCOc3cccc(Br)c3C2)C1. The van der Waals surface area contributed by atoms with Crippen molar-refractivity contribution in [3.63, 3.8) is 0 Å². The average molecular weight is 437 g/mol. The molecule has 2 amide bonds. The molecule has 1 aromatic rings. The van der Waals surface area contributed by atoms with Crippen LogP contribution in [-0.2, 0) is 16.1 Å². The third-order valence-electron chi connectivity index (χ3n) is 4.44. The van der Waals surface area contributed by atoms with Crippen LogP contribution in [0.15, 0.2) is 34.3 Å². The fourth-order valence-corrected chi connectivity index (χ4v) is 3.69. The molecule has 0 radical (unpaired) electrons. The summed E-state index contributed by atoms with van der Waals surface area (Å²) in [4.78, 5) is 26.7. The summed E-state index contributed by atoms with van der Waals surface area (Å²) in [6.45, 7) is 6.96. The summed E-state index contributed by atoms with van der Waals surface area (Å²) < 4.78 is 12.0. The van der Waals surface area contributed by atoms with Crippen molar-refractivity contribution in [2.45, 2.75) is 51.8 Å². The van der Waals surface area contributed by atoms with Gasteiger partial charge in [0.05, 0.1) is 13.1 Å². The van der Waals surface area contributed by atoms with Gasteiger partial charge in [0.25, 0.3) is 0 Å². The molecule has 1 aliphatic carbocycles. The molecule has 1 aromatic carbocycles. The Morgan fingerprint density at radius 3 is 2.85 bits per heavy atom. The number of fused-ring (bicyclic) bond motifs is 1. The Bertz CT molecular complexity index is 770. The maximum absolute atomic E-state index is 13.0. The highest BCUT2D eigenvalue weighted by Gasteiger charge is 2.29. The number of alkyl carbamates (subject to hydrolysis) is 1. The minimum atomic E-state index is -0.540. The second-order valence-corrected chi connectivity index (χ2v) is 8.66. The molecule has 146 valence electrons. The number of rotatable bonds is 2. The molecular weight excluding hydrogens is 412 g/mol. The Hall–Kier alpha value is -2.02. The fraction of sp³-hybridized carbons (Fsp3) is 0.500. The summed E-state index contributed by atoms with van der Waals surface area (Å²) in [6.07, 6.45) is 2.61. The normalized spacial score (nSPS) is 19.5. The van der Waals surface area contributed by atoms with E-state index >= 15 is 0 Å².